The van der Waals surface area contributed by atoms with Crippen molar-refractivity contribution >= 4 is 0 Å². The second-order valence-electron chi connectivity index (χ2n) is 5.19. The number of phenols is 1. The Balaban J connectivity index is 2.14. The average Bonchev–Trinajstić information content (AvgIpc) is 2.37. The molecule has 0 bridgehead atoms. The topological polar surface area (TPSA) is 49.7 Å². The van der Waals surface area contributed by atoms with Crippen molar-refractivity contribution in [1.82, 2.24) is 0 Å². The van der Waals surface area contributed by atoms with Crippen LogP contribution in [-0.4, -0.2) is 29.0 Å². The van der Waals surface area contributed by atoms with Gasteiger partial charge in [-0.3, -0.25) is 0 Å². The molecule has 0 spiro atoms. The molecule has 1 aliphatic rings. The molecule has 1 unspecified atom stereocenters. The van der Waals surface area contributed by atoms with Gasteiger partial charge in [0.15, 0.2) is 0 Å². The number of aromatic hydroxyl groups is 1. The Morgan fingerprint density at radius 1 is 1.39 bits per heavy atom. The molecule has 0 fully saturated rings. The third kappa shape index (κ3) is 2.68. The third-order valence-corrected chi connectivity index (χ3v) is 3.86. The van der Waals surface area contributed by atoms with E-state index in [-0.39, 0.29) is 18.8 Å². The zero-order chi connectivity index (χ0) is 13.1. The van der Waals surface area contributed by atoms with E-state index in [1.807, 2.05) is 13.0 Å². The lowest BCUT2D eigenvalue weighted by Crippen LogP contribution is -2.35. The molecule has 0 aliphatic heterocycles. The van der Waals surface area contributed by atoms with E-state index in [4.69, 9.17) is 4.74 Å². The van der Waals surface area contributed by atoms with Crippen LogP contribution in [0.5, 0.6) is 5.75 Å². The fourth-order valence-corrected chi connectivity index (χ4v) is 2.63. The Labute approximate surface area is 108 Å². The highest BCUT2D eigenvalue weighted by Crippen LogP contribution is 2.33. The molecule has 100 valence electrons. The first kappa shape index (κ1) is 13.4. The Hall–Kier alpha value is -1.06. The van der Waals surface area contributed by atoms with Gasteiger partial charge in [0.05, 0.1) is 18.8 Å². The lowest BCUT2D eigenvalue weighted by atomic mass is 9.82. The van der Waals surface area contributed by atoms with Crippen LogP contribution < -0.4 is 0 Å². The number of aliphatic hydroxyl groups is 1. The van der Waals surface area contributed by atoms with Crippen LogP contribution in [0.25, 0.3) is 0 Å². The van der Waals surface area contributed by atoms with Crippen molar-refractivity contribution in [1.29, 1.82) is 0 Å². The molecule has 0 aromatic heterocycles. The van der Waals surface area contributed by atoms with Gasteiger partial charge in [-0.2, -0.15) is 0 Å². The highest BCUT2D eigenvalue weighted by atomic mass is 16.5. The molecule has 2 N–H and O–H groups in total. The number of rotatable bonds is 4. The molecule has 0 saturated heterocycles. The summed E-state index contributed by atoms with van der Waals surface area (Å²) in [5, 5.41) is 19.1. The van der Waals surface area contributed by atoms with Crippen molar-refractivity contribution in [3.05, 3.63) is 29.3 Å². The molecular formula is C15H22O3. The first-order valence-electron chi connectivity index (χ1n) is 6.71. The predicted octanol–water partition coefficient (Wildman–Crippen LogP) is 2.28. The number of hydrogen-bond acceptors (Lipinski definition) is 3. The fourth-order valence-electron chi connectivity index (χ4n) is 2.63. The average molecular weight is 250 g/mol. The number of ether oxygens (including phenoxy) is 1. The molecular weight excluding hydrogens is 228 g/mol. The van der Waals surface area contributed by atoms with Gasteiger partial charge in [0, 0.05) is 6.42 Å². The second kappa shape index (κ2) is 5.72. The van der Waals surface area contributed by atoms with Crippen molar-refractivity contribution in [2.24, 2.45) is 5.92 Å². The van der Waals surface area contributed by atoms with Gasteiger partial charge < -0.3 is 14.9 Å². The first-order valence-corrected chi connectivity index (χ1v) is 6.71. The lowest BCUT2D eigenvalue weighted by Gasteiger charge is -2.33. The summed E-state index contributed by atoms with van der Waals surface area (Å²) in [7, 11) is 0. The van der Waals surface area contributed by atoms with Crippen molar-refractivity contribution in [3.8, 4) is 5.75 Å². The summed E-state index contributed by atoms with van der Waals surface area (Å²) >= 11 is 0. The zero-order valence-corrected chi connectivity index (χ0v) is 11.1. The van der Waals surface area contributed by atoms with Crippen LogP contribution in [0.15, 0.2) is 18.2 Å². The van der Waals surface area contributed by atoms with Gasteiger partial charge in [-0.15, -0.1) is 0 Å². The normalized spacial score (nSPS) is 24.6. The predicted molar refractivity (Wildman–Crippen MR) is 70.7 cm³/mol. The van der Waals surface area contributed by atoms with Crippen molar-refractivity contribution < 1.29 is 14.9 Å². The van der Waals surface area contributed by atoms with Crippen LogP contribution in [0.4, 0.5) is 0 Å². The number of benzene rings is 1. The van der Waals surface area contributed by atoms with Gasteiger partial charge in [-0.1, -0.05) is 26.0 Å². The smallest absolute Gasteiger partial charge is 0.119 e. The largest absolute Gasteiger partial charge is 0.508 e. The van der Waals surface area contributed by atoms with Crippen molar-refractivity contribution in [3.63, 3.8) is 0 Å². The van der Waals surface area contributed by atoms with Crippen molar-refractivity contribution in [2.45, 2.75) is 45.3 Å². The number of aliphatic hydroxyl groups excluding tert-OH is 1. The fraction of sp³-hybridized carbons (Fsp3) is 0.600. The monoisotopic (exact) mass is 250 g/mol. The molecule has 0 saturated carbocycles. The molecule has 3 nitrogen and oxygen atoms in total. The Morgan fingerprint density at radius 2 is 2.17 bits per heavy atom. The quantitative estimate of drug-likeness (QED) is 0.862. The van der Waals surface area contributed by atoms with Crippen LogP contribution in [-0.2, 0) is 17.6 Å². The molecule has 0 radical (unpaired) electrons. The molecule has 1 aliphatic carbocycles. The molecule has 1 aromatic carbocycles. The number of phenolic OH excluding ortho intramolecular Hbond substituents is 1. The van der Waals surface area contributed by atoms with Gasteiger partial charge in [-0.05, 0) is 36.0 Å². The minimum Gasteiger partial charge on any atom is -0.508 e. The summed E-state index contributed by atoms with van der Waals surface area (Å²) in [5.41, 5.74) is 2.23. The van der Waals surface area contributed by atoms with Crippen molar-refractivity contribution in [2.75, 3.05) is 6.61 Å². The van der Waals surface area contributed by atoms with E-state index in [1.165, 1.54) is 5.56 Å². The Bertz CT molecular complexity index is 399. The van der Waals surface area contributed by atoms with Crippen LogP contribution in [0.1, 0.15) is 31.4 Å². The van der Waals surface area contributed by atoms with Crippen LogP contribution >= 0.6 is 0 Å². The van der Waals surface area contributed by atoms with E-state index in [1.54, 1.807) is 6.07 Å². The molecule has 0 amide bonds. The summed E-state index contributed by atoms with van der Waals surface area (Å²) in [6, 6.07) is 5.70. The third-order valence-electron chi connectivity index (χ3n) is 3.86. The van der Waals surface area contributed by atoms with Gasteiger partial charge >= 0.3 is 0 Å². The summed E-state index contributed by atoms with van der Waals surface area (Å²) in [6.07, 6.45) is 2.47. The van der Waals surface area contributed by atoms with E-state index in [0.717, 1.165) is 24.8 Å². The minimum atomic E-state index is -0.0927. The molecule has 0 heterocycles. The Kier molecular flexibility index (Phi) is 4.25. The van der Waals surface area contributed by atoms with Crippen LogP contribution in [0, 0.1) is 5.92 Å². The summed E-state index contributed by atoms with van der Waals surface area (Å²) in [6.45, 7) is 4.24. The van der Waals surface area contributed by atoms with Gasteiger partial charge in [-0.25, -0.2) is 0 Å². The lowest BCUT2D eigenvalue weighted by molar-refractivity contribution is -0.0649. The number of hydrogen-bond donors (Lipinski definition) is 2. The van der Waals surface area contributed by atoms with E-state index in [0.29, 0.717) is 11.7 Å². The van der Waals surface area contributed by atoms with Crippen LogP contribution in [0.3, 0.4) is 0 Å². The summed E-state index contributed by atoms with van der Waals surface area (Å²) in [5.74, 6) is 0.782. The molecule has 2 rings (SSSR count). The molecule has 1 aromatic rings. The second-order valence-corrected chi connectivity index (χ2v) is 5.19. The summed E-state index contributed by atoms with van der Waals surface area (Å²) < 4.78 is 5.95. The van der Waals surface area contributed by atoms with E-state index < -0.39 is 0 Å². The molecule has 3 atom stereocenters. The minimum absolute atomic E-state index is 0.0628. The highest BCUT2D eigenvalue weighted by molar-refractivity contribution is 5.41. The van der Waals surface area contributed by atoms with E-state index >= 15 is 0 Å². The number of fused-ring (bicyclic) bond motifs is 1. The molecule has 3 heteroatoms. The highest BCUT2D eigenvalue weighted by Gasteiger charge is 2.29. The first-order chi connectivity index (χ1) is 8.65. The standard InChI is InChI=1S/C15H22O3/c1-3-12(9-16)18-15-8-13-11(7-10(15)2)5-4-6-14(13)17/h4-6,10,12,15-17H,3,7-9H2,1-2H3/t10-,12?,15-/m1/s1. The molecule has 18 heavy (non-hydrogen) atoms. The maximum absolute atomic E-state index is 9.90. The zero-order valence-electron chi connectivity index (χ0n) is 11.1. The van der Waals surface area contributed by atoms with Gasteiger partial charge in [0.2, 0.25) is 0 Å². The summed E-state index contributed by atoms with van der Waals surface area (Å²) in [4.78, 5) is 0. The van der Waals surface area contributed by atoms with E-state index in [9.17, 15) is 10.2 Å². The SMILES string of the molecule is CCC(CO)O[C@@H]1Cc2c(O)cccc2C[C@H]1C. The van der Waals surface area contributed by atoms with Gasteiger partial charge in [0.1, 0.15) is 5.75 Å². The van der Waals surface area contributed by atoms with Gasteiger partial charge in [0.25, 0.3) is 0 Å². The maximum atomic E-state index is 9.90. The van der Waals surface area contributed by atoms with E-state index in [2.05, 4.69) is 13.0 Å². The Morgan fingerprint density at radius 3 is 2.83 bits per heavy atom. The van der Waals surface area contributed by atoms with Crippen LogP contribution in [0.2, 0.25) is 0 Å². The maximum Gasteiger partial charge on any atom is 0.119 e.